The van der Waals surface area contributed by atoms with E-state index in [1.165, 1.54) is 17.1 Å². The SMILES string of the molecule is CC1CCN(C(=O)[C@H](C)Nc2cnn(CC(F)F)c2)CC1. The minimum atomic E-state index is -2.44. The number of carbonyl (C=O) groups is 1. The molecule has 1 N–H and O–H groups in total. The molecule has 2 rings (SSSR count). The maximum Gasteiger partial charge on any atom is 0.257 e. The Morgan fingerprint density at radius 1 is 1.48 bits per heavy atom. The second-order valence-corrected chi connectivity index (χ2v) is 5.72. The van der Waals surface area contributed by atoms with E-state index in [0.717, 1.165) is 25.9 Å². The van der Waals surface area contributed by atoms with E-state index in [1.807, 2.05) is 4.90 Å². The van der Waals surface area contributed by atoms with Crippen molar-refractivity contribution in [1.29, 1.82) is 0 Å². The maximum absolute atomic E-state index is 12.3. The molecule has 21 heavy (non-hydrogen) atoms. The number of carbonyl (C=O) groups excluding carboxylic acids is 1. The van der Waals surface area contributed by atoms with Crippen molar-refractivity contribution in [2.24, 2.45) is 5.92 Å². The monoisotopic (exact) mass is 300 g/mol. The molecule has 0 unspecified atom stereocenters. The first kappa shape index (κ1) is 15.7. The van der Waals surface area contributed by atoms with Gasteiger partial charge in [-0.25, -0.2) is 8.78 Å². The molecule has 2 heterocycles. The van der Waals surface area contributed by atoms with Gasteiger partial charge < -0.3 is 10.2 Å². The highest BCUT2D eigenvalue weighted by atomic mass is 19.3. The zero-order chi connectivity index (χ0) is 15.4. The van der Waals surface area contributed by atoms with E-state index in [-0.39, 0.29) is 11.9 Å². The lowest BCUT2D eigenvalue weighted by Gasteiger charge is -2.32. The Hall–Kier alpha value is -1.66. The van der Waals surface area contributed by atoms with Gasteiger partial charge in [-0.3, -0.25) is 9.48 Å². The Labute approximate surface area is 123 Å². The molecule has 1 aromatic rings. The van der Waals surface area contributed by atoms with Crippen molar-refractivity contribution in [3.63, 3.8) is 0 Å². The zero-order valence-electron chi connectivity index (χ0n) is 12.4. The Morgan fingerprint density at radius 3 is 2.76 bits per heavy atom. The number of hydrogen-bond acceptors (Lipinski definition) is 3. The van der Waals surface area contributed by atoms with E-state index >= 15 is 0 Å². The van der Waals surface area contributed by atoms with Crippen LogP contribution in [0.5, 0.6) is 0 Å². The van der Waals surface area contributed by atoms with Crippen LogP contribution in [0.2, 0.25) is 0 Å². The van der Waals surface area contributed by atoms with Crippen LogP contribution in [0.15, 0.2) is 12.4 Å². The highest BCUT2D eigenvalue weighted by Crippen LogP contribution is 2.17. The van der Waals surface area contributed by atoms with E-state index in [1.54, 1.807) is 6.92 Å². The highest BCUT2D eigenvalue weighted by molar-refractivity contribution is 5.84. The summed E-state index contributed by atoms with van der Waals surface area (Å²) in [7, 11) is 0. The van der Waals surface area contributed by atoms with E-state index in [4.69, 9.17) is 0 Å². The summed E-state index contributed by atoms with van der Waals surface area (Å²) < 4.78 is 25.7. The largest absolute Gasteiger partial charge is 0.371 e. The van der Waals surface area contributed by atoms with Gasteiger partial charge in [0.1, 0.15) is 12.6 Å². The second-order valence-electron chi connectivity index (χ2n) is 5.72. The van der Waals surface area contributed by atoms with Gasteiger partial charge in [0.05, 0.1) is 11.9 Å². The van der Waals surface area contributed by atoms with Gasteiger partial charge in [0.2, 0.25) is 5.91 Å². The molecule has 1 atom stereocenters. The first-order valence-electron chi connectivity index (χ1n) is 7.31. The van der Waals surface area contributed by atoms with Crippen molar-refractivity contribution >= 4 is 11.6 Å². The van der Waals surface area contributed by atoms with Gasteiger partial charge >= 0.3 is 0 Å². The average Bonchev–Trinajstić information content (AvgIpc) is 2.85. The van der Waals surface area contributed by atoms with Gasteiger partial charge in [-0.2, -0.15) is 5.10 Å². The Morgan fingerprint density at radius 2 is 2.14 bits per heavy atom. The third-order valence-corrected chi connectivity index (χ3v) is 3.81. The Bertz CT molecular complexity index is 469. The van der Waals surface area contributed by atoms with Crippen LogP contribution in [0.3, 0.4) is 0 Å². The molecule has 1 aromatic heterocycles. The smallest absolute Gasteiger partial charge is 0.257 e. The van der Waals surface area contributed by atoms with Crippen LogP contribution in [0.4, 0.5) is 14.5 Å². The number of nitrogens with one attached hydrogen (secondary N) is 1. The fourth-order valence-electron chi connectivity index (χ4n) is 2.49. The molecular formula is C14H22F2N4O. The fraction of sp³-hybridized carbons (Fsp3) is 0.714. The van der Waals surface area contributed by atoms with Crippen LogP contribution in [0.25, 0.3) is 0 Å². The normalized spacial score (nSPS) is 18.0. The van der Waals surface area contributed by atoms with Crippen LogP contribution < -0.4 is 5.32 Å². The zero-order valence-corrected chi connectivity index (χ0v) is 12.4. The van der Waals surface area contributed by atoms with E-state index in [0.29, 0.717) is 11.6 Å². The van der Waals surface area contributed by atoms with Crippen molar-refractivity contribution in [3.05, 3.63) is 12.4 Å². The number of piperidine rings is 1. The van der Waals surface area contributed by atoms with E-state index < -0.39 is 13.0 Å². The topological polar surface area (TPSA) is 50.2 Å². The fourth-order valence-corrected chi connectivity index (χ4v) is 2.49. The first-order valence-corrected chi connectivity index (χ1v) is 7.31. The van der Waals surface area contributed by atoms with Gasteiger partial charge in [0.25, 0.3) is 6.43 Å². The van der Waals surface area contributed by atoms with Crippen molar-refractivity contribution in [1.82, 2.24) is 14.7 Å². The number of hydrogen-bond donors (Lipinski definition) is 1. The number of aromatic nitrogens is 2. The van der Waals surface area contributed by atoms with Crippen molar-refractivity contribution in [2.75, 3.05) is 18.4 Å². The third-order valence-electron chi connectivity index (χ3n) is 3.81. The molecular weight excluding hydrogens is 278 g/mol. The molecule has 1 amide bonds. The minimum Gasteiger partial charge on any atom is -0.371 e. The summed E-state index contributed by atoms with van der Waals surface area (Å²) in [6.07, 6.45) is 2.58. The minimum absolute atomic E-state index is 0.0449. The Balaban J connectivity index is 1.87. The van der Waals surface area contributed by atoms with Gasteiger partial charge in [-0.1, -0.05) is 6.92 Å². The molecule has 1 aliphatic heterocycles. The molecule has 0 saturated carbocycles. The third kappa shape index (κ3) is 4.41. The number of halogens is 2. The second kappa shape index (κ2) is 6.87. The molecule has 5 nitrogen and oxygen atoms in total. The van der Waals surface area contributed by atoms with Crippen LogP contribution in [-0.2, 0) is 11.3 Å². The molecule has 118 valence electrons. The predicted molar refractivity (Wildman–Crippen MR) is 76.3 cm³/mol. The van der Waals surface area contributed by atoms with Crippen LogP contribution in [-0.4, -0.2) is 46.1 Å². The number of alkyl halides is 2. The predicted octanol–water partition coefficient (Wildman–Crippen LogP) is 2.21. The molecule has 7 heteroatoms. The van der Waals surface area contributed by atoms with E-state index in [9.17, 15) is 13.6 Å². The summed E-state index contributed by atoms with van der Waals surface area (Å²) in [5.74, 6) is 0.716. The van der Waals surface area contributed by atoms with Crippen molar-refractivity contribution in [3.8, 4) is 0 Å². The van der Waals surface area contributed by atoms with Crippen LogP contribution >= 0.6 is 0 Å². The quantitative estimate of drug-likeness (QED) is 0.907. The van der Waals surface area contributed by atoms with Crippen molar-refractivity contribution in [2.45, 2.75) is 45.7 Å². The maximum atomic E-state index is 12.3. The summed E-state index contributed by atoms with van der Waals surface area (Å²) in [4.78, 5) is 14.2. The lowest BCUT2D eigenvalue weighted by atomic mass is 9.99. The Kier molecular flexibility index (Phi) is 5.14. The average molecular weight is 300 g/mol. The summed E-state index contributed by atoms with van der Waals surface area (Å²) in [5, 5.41) is 6.86. The summed E-state index contributed by atoms with van der Waals surface area (Å²) in [5.41, 5.74) is 0.585. The van der Waals surface area contributed by atoms with Gasteiger partial charge in [-0.15, -0.1) is 0 Å². The van der Waals surface area contributed by atoms with Crippen LogP contribution in [0.1, 0.15) is 26.7 Å². The number of rotatable bonds is 5. The summed E-state index contributed by atoms with van der Waals surface area (Å²) in [6.45, 7) is 5.12. The highest BCUT2D eigenvalue weighted by Gasteiger charge is 2.24. The lowest BCUT2D eigenvalue weighted by Crippen LogP contribution is -2.45. The standard InChI is InChI=1S/C14H22F2N4O/c1-10-3-5-19(6-4-10)14(21)11(2)18-12-7-17-20(8-12)9-13(15)16/h7-8,10-11,13,18H,3-6,9H2,1-2H3/t11-/m0/s1. The summed E-state index contributed by atoms with van der Waals surface area (Å²) in [6, 6.07) is -0.386. The van der Waals surface area contributed by atoms with Gasteiger partial charge in [-0.05, 0) is 25.7 Å². The summed E-state index contributed by atoms with van der Waals surface area (Å²) >= 11 is 0. The number of anilines is 1. The first-order chi connectivity index (χ1) is 9.95. The molecule has 0 spiro atoms. The molecule has 1 saturated heterocycles. The van der Waals surface area contributed by atoms with Crippen LogP contribution in [0, 0.1) is 5.92 Å². The molecule has 1 fully saturated rings. The van der Waals surface area contributed by atoms with E-state index in [2.05, 4.69) is 17.3 Å². The molecule has 0 bridgehead atoms. The molecule has 0 aliphatic carbocycles. The lowest BCUT2D eigenvalue weighted by molar-refractivity contribution is -0.132. The number of likely N-dealkylation sites (tertiary alicyclic amines) is 1. The van der Waals surface area contributed by atoms with Gasteiger partial charge in [0.15, 0.2) is 0 Å². The number of amides is 1. The van der Waals surface area contributed by atoms with Gasteiger partial charge in [0, 0.05) is 19.3 Å². The molecule has 0 radical (unpaired) electrons. The van der Waals surface area contributed by atoms with Crippen molar-refractivity contribution < 1.29 is 13.6 Å². The molecule has 0 aromatic carbocycles. The number of nitrogens with zero attached hydrogens (tertiary/aromatic N) is 3. The molecule has 1 aliphatic rings.